The van der Waals surface area contributed by atoms with Gasteiger partial charge < -0.3 is 9.47 Å². The Kier molecular flexibility index (Phi) is 6.54. The first-order valence-electron chi connectivity index (χ1n) is 9.13. The third-order valence-electron chi connectivity index (χ3n) is 4.54. The SMILES string of the molecule is CCOCc1ccc(-c2ccc(OCc3ccc(C)c(F)c3F)cc2)c(F)c1F. The van der Waals surface area contributed by atoms with Gasteiger partial charge in [-0.05, 0) is 37.1 Å². The predicted octanol–water partition coefficient (Wildman–Crippen LogP) is 6.33. The summed E-state index contributed by atoms with van der Waals surface area (Å²) in [5, 5.41) is 0. The summed E-state index contributed by atoms with van der Waals surface area (Å²) in [6, 6.07) is 12.2. The number of benzene rings is 3. The van der Waals surface area contributed by atoms with Gasteiger partial charge in [-0.2, -0.15) is 0 Å². The average Bonchev–Trinajstić information content (AvgIpc) is 2.73. The Morgan fingerprint density at radius 3 is 2.00 bits per heavy atom. The molecule has 0 heterocycles. The molecule has 0 aromatic heterocycles. The van der Waals surface area contributed by atoms with E-state index in [2.05, 4.69) is 0 Å². The van der Waals surface area contributed by atoms with E-state index in [1.165, 1.54) is 31.2 Å². The summed E-state index contributed by atoms with van der Waals surface area (Å²) in [6.45, 7) is 3.51. The minimum Gasteiger partial charge on any atom is -0.489 e. The van der Waals surface area contributed by atoms with E-state index < -0.39 is 23.3 Å². The normalized spacial score (nSPS) is 11.0. The fourth-order valence-electron chi connectivity index (χ4n) is 2.83. The molecule has 29 heavy (non-hydrogen) atoms. The highest BCUT2D eigenvalue weighted by Crippen LogP contribution is 2.28. The van der Waals surface area contributed by atoms with Crippen LogP contribution in [0.3, 0.4) is 0 Å². The molecule has 0 bridgehead atoms. The Balaban J connectivity index is 1.74. The second kappa shape index (κ2) is 9.09. The molecule has 3 aromatic rings. The van der Waals surface area contributed by atoms with Gasteiger partial charge in [0.05, 0.1) is 6.61 Å². The number of hydrogen-bond donors (Lipinski definition) is 0. The summed E-state index contributed by atoms with van der Waals surface area (Å²) in [5.74, 6) is -3.33. The quantitative estimate of drug-likeness (QED) is 0.428. The molecule has 0 aliphatic carbocycles. The van der Waals surface area contributed by atoms with Gasteiger partial charge in [0.2, 0.25) is 0 Å². The van der Waals surface area contributed by atoms with Crippen molar-refractivity contribution in [1.29, 1.82) is 0 Å². The van der Waals surface area contributed by atoms with Crippen LogP contribution in [0.2, 0.25) is 0 Å². The van der Waals surface area contributed by atoms with Gasteiger partial charge in [0.25, 0.3) is 0 Å². The third-order valence-corrected chi connectivity index (χ3v) is 4.54. The number of ether oxygens (including phenoxy) is 2. The fraction of sp³-hybridized carbons (Fsp3) is 0.217. The highest BCUT2D eigenvalue weighted by atomic mass is 19.2. The highest BCUT2D eigenvalue weighted by Gasteiger charge is 2.15. The van der Waals surface area contributed by atoms with Crippen LogP contribution in [0.15, 0.2) is 48.5 Å². The van der Waals surface area contributed by atoms with Crippen LogP contribution in [0.25, 0.3) is 11.1 Å². The van der Waals surface area contributed by atoms with Gasteiger partial charge in [0.15, 0.2) is 23.3 Å². The summed E-state index contributed by atoms with van der Waals surface area (Å²) in [5.41, 5.74) is 1.04. The van der Waals surface area contributed by atoms with E-state index >= 15 is 0 Å². The molecule has 0 amide bonds. The van der Waals surface area contributed by atoms with Crippen molar-refractivity contribution in [3.63, 3.8) is 0 Å². The van der Waals surface area contributed by atoms with Gasteiger partial charge in [-0.3, -0.25) is 0 Å². The number of rotatable bonds is 7. The summed E-state index contributed by atoms with van der Waals surface area (Å²) < 4.78 is 66.8. The van der Waals surface area contributed by atoms with Crippen molar-refractivity contribution < 1.29 is 27.0 Å². The monoisotopic (exact) mass is 404 g/mol. The topological polar surface area (TPSA) is 18.5 Å². The highest BCUT2D eigenvalue weighted by molar-refractivity contribution is 5.65. The predicted molar refractivity (Wildman–Crippen MR) is 103 cm³/mol. The second-order valence-corrected chi connectivity index (χ2v) is 6.52. The van der Waals surface area contributed by atoms with Crippen molar-refractivity contribution in [2.24, 2.45) is 0 Å². The number of halogens is 4. The first-order chi connectivity index (χ1) is 13.9. The van der Waals surface area contributed by atoms with E-state index in [9.17, 15) is 17.6 Å². The molecule has 0 saturated heterocycles. The Morgan fingerprint density at radius 2 is 1.31 bits per heavy atom. The van der Waals surface area contributed by atoms with Crippen LogP contribution in [0, 0.1) is 30.2 Å². The molecule has 0 saturated carbocycles. The molecule has 3 aromatic carbocycles. The van der Waals surface area contributed by atoms with Gasteiger partial charge in [0, 0.05) is 23.3 Å². The lowest BCUT2D eigenvalue weighted by molar-refractivity contribution is 0.131. The zero-order valence-electron chi connectivity index (χ0n) is 16.1. The summed E-state index contributed by atoms with van der Waals surface area (Å²) in [4.78, 5) is 0. The van der Waals surface area contributed by atoms with Crippen molar-refractivity contribution in [2.45, 2.75) is 27.1 Å². The van der Waals surface area contributed by atoms with Gasteiger partial charge in [-0.15, -0.1) is 0 Å². The molecule has 0 unspecified atom stereocenters. The van der Waals surface area contributed by atoms with E-state index in [0.29, 0.717) is 17.9 Å². The molecule has 3 rings (SSSR count). The van der Waals surface area contributed by atoms with Gasteiger partial charge >= 0.3 is 0 Å². The molecule has 0 radical (unpaired) electrons. The summed E-state index contributed by atoms with van der Waals surface area (Å²) in [7, 11) is 0. The van der Waals surface area contributed by atoms with Crippen molar-refractivity contribution in [1.82, 2.24) is 0 Å². The minimum atomic E-state index is -0.951. The molecule has 6 heteroatoms. The van der Waals surface area contributed by atoms with Crippen LogP contribution >= 0.6 is 0 Å². The third kappa shape index (κ3) is 4.59. The van der Waals surface area contributed by atoms with Crippen molar-refractivity contribution in [2.75, 3.05) is 6.61 Å². The molecular weight excluding hydrogens is 384 g/mol. The van der Waals surface area contributed by atoms with Crippen LogP contribution in [-0.4, -0.2) is 6.61 Å². The first-order valence-corrected chi connectivity index (χ1v) is 9.13. The molecule has 0 aliphatic rings. The van der Waals surface area contributed by atoms with E-state index in [1.54, 1.807) is 31.2 Å². The first kappa shape index (κ1) is 20.9. The number of aryl methyl sites for hydroxylation is 1. The van der Waals surface area contributed by atoms with Gasteiger partial charge in [-0.25, -0.2) is 17.6 Å². The zero-order chi connectivity index (χ0) is 21.0. The van der Waals surface area contributed by atoms with Gasteiger partial charge in [0.1, 0.15) is 12.4 Å². The Hall–Kier alpha value is -2.86. The Labute approximate surface area is 166 Å². The van der Waals surface area contributed by atoms with E-state index in [1.807, 2.05) is 0 Å². The second-order valence-electron chi connectivity index (χ2n) is 6.52. The van der Waals surface area contributed by atoms with Gasteiger partial charge in [-0.1, -0.05) is 36.4 Å². The van der Waals surface area contributed by atoms with E-state index in [-0.39, 0.29) is 35.5 Å². The molecule has 0 fully saturated rings. The maximum Gasteiger partial charge on any atom is 0.167 e. The van der Waals surface area contributed by atoms with Crippen LogP contribution in [0.1, 0.15) is 23.6 Å². The smallest absolute Gasteiger partial charge is 0.167 e. The lowest BCUT2D eigenvalue weighted by Crippen LogP contribution is -2.02. The minimum absolute atomic E-state index is 0.00246. The zero-order valence-corrected chi connectivity index (χ0v) is 16.1. The summed E-state index contributed by atoms with van der Waals surface area (Å²) >= 11 is 0. The molecule has 0 N–H and O–H groups in total. The van der Waals surface area contributed by atoms with Crippen LogP contribution in [0.5, 0.6) is 5.75 Å². The maximum atomic E-state index is 14.4. The fourth-order valence-corrected chi connectivity index (χ4v) is 2.83. The van der Waals surface area contributed by atoms with Crippen molar-refractivity contribution in [3.8, 4) is 16.9 Å². The molecular formula is C23H20F4O2. The lowest BCUT2D eigenvalue weighted by atomic mass is 10.0. The Bertz CT molecular complexity index is 1000. The average molecular weight is 404 g/mol. The molecule has 152 valence electrons. The summed E-state index contributed by atoms with van der Waals surface area (Å²) in [6.07, 6.45) is 0. The molecule has 2 nitrogen and oxygen atoms in total. The largest absolute Gasteiger partial charge is 0.489 e. The number of hydrogen-bond acceptors (Lipinski definition) is 2. The maximum absolute atomic E-state index is 14.4. The van der Waals surface area contributed by atoms with Crippen LogP contribution < -0.4 is 4.74 Å². The lowest BCUT2D eigenvalue weighted by Gasteiger charge is -2.11. The van der Waals surface area contributed by atoms with Crippen molar-refractivity contribution >= 4 is 0 Å². The molecule has 0 spiro atoms. The standard InChI is InChI=1S/C23H20F4O2/c1-3-28-12-16-8-11-19(23(27)22(16)26)15-6-9-18(10-7-15)29-13-17-5-4-14(2)20(24)21(17)25/h4-11H,3,12-13H2,1-2H3. The molecule has 0 atom stereocenters. The Morgan fingerprint density at radius 1 is 0.690 bits per heavy atom. The van der Waals surface area contributed by atoms with E-state index in [0.717, 1.165) is 0 Å². The van der Waals surface area contributed by atoms with Crippen molar-refractivity contribution in [3.05, 3.63) is 88.5 Å². The molecule has 0 aliphatic heterocycles. The van der Waals surface area contributed by atoms with Crippen LogP contribution in [0.4, 0.5) is 17.6 Å². The van der Waals surface area contributed by atoms with Crippen LogP contribution in [-0.2, 0) is 18.0 Å². The van der Waals surface area contributed by atoms with E-state index in [4.69, 9.17) is 9.47 Å².